The van der Waals surface area contributed by atoms with Gasteiger partial charge in [0.05, 0.1) is 11.8 Å². The van der Waals surface area contributed by atoms with Gasteiger partial charge in [-0.1, -0.05) is 41.9 Å². The molecule has 2 saturated heterocycles. The van der Waals surface area contributed by atoms with Gasteiger partial charge in [0, 0.05) is 42.6 Å². The van der Waals surface area contributed by atoms with Gasteiger partial charge in [0.15, 0.2) is 0 Å². The molecule has 32 heavy (non-hydrogen) atoms. The molecule has 3 aliphatic heterocycles. The van der Waals surface area contributed by atoms with Crippen molar-refractivity contribution < 1.29 is 19.1 Å². The summed E-state index contributed by atoms with van der Waals surface area (Å²) in [5, 5.41) is 6.80. The number of likely N-dealkylation sites (tertiary alicyclic amines) is 1. The van der Waals surface area contributed by atoms with E-state index in [0.29, 0.717) is 35.7 Å². The highest BCUT2D eigenvalue weighted by atomic mass is 35.5. The SMILES string of the molecule is COCCCN1C(=O)[C@@H]2[C@H](Cc3ccccc3)N[C@]3(C(=O)Nc4ccc(Cl)cc43)[C@@H]2C1=O. The van der Waals surface area contributed by atoms with Gasteiger partial charge in [0.2, 0.25) is 17.7 Å². The fourth-order valence-corrected chi connectivity index (χ4v) is 5.64. The predicted octanol–water partition coefficient (Wildman–Crippen LogP) is 2.34. The molecular formula is C24H24ClN3O4. The summed E-state index contributed by atoms with van der Waals surface area (Å²) in [4.78, 5) is 41.8. The lowest BCUT2D eigenvalue weighted by Crippen LogP contribution is -2.53. The zero-order valence-electron chi connectivity index (χ0n) is 17.6. The molecule has 0 bridgehead atoms. The largest absolute Gasteiger partial charge is 0.385 e. The maximum Gasteiger partial charge on any atom is 0.250 e. The molecule has 0 unspecified atom stereocenters. The van der Waals surface area contributed by atoms with Crippen LogP contribution >= 0.6 is 11.6 Å². The average Bonchev–Trinajstić information content (AvgIpc) is 3.35. The summed E-state index contributed by atoms with van der Waals surface area (Å²) in [6.07, 6.45) is 1.07. The normalized spacial score (nSPS) is 28.4. The van der Waals surface area contributed by atoms with Gasteiger partial charge < -0.3 is 10.1 Å². The highest BCUT2D eigenvalue weighted by molar-refractivity contribution is 6.31. The van der Waals surface area contributed by atoms with Gasteiger partial charge in [-0.2, -0.15) is 0 Å². The molecule has 5 rings (SSSR count). The molecule has 3 heterocycles. The van der Waals surface area contributed by atoms with Crippen LogP contribution in [0.4, 0.5) is 5.69 Å². The van der Waals surface area contributed by atoms with E-state index in [1.165, 1.54) is 4.90 Å². The van der Waals surface area contributed by atoms with E-state index < -0.39 is 17.4 Å². The lowest BCUT2D eigenvalue weighted by molar-refractivity contribution is -0.143. The molecule has 3 amide bonds. The minimum absolute atomic E-state index is 0.232. The van der Waals surface area contributed by atoms with E-state index in [-0.39, 0.29) is 30.3 Å². The monoisotopic (exact) mass is 453 g/mol. The number of imide groups is 1. The average molecular weight is 454 g/mol. The smallest absolute Gasteiger partial charge is 0.250 e. The quantitative estimate of drug-likeness (QED) is 0.518. The van der Waals surface area contributed by atoms with Gasteiger partial charge in [0.1, 0.15) is 5.54 Å². The predicted molar refractivity (Wildman–Crippen MR) is 119 cm³/mol. The maximum atomic E-state index is 13.6. The second-order valence-corrected chi connectivity index (χ2v) is 9.01. The van der Waals surface area contributed by atoms with Crippen LogP contribution in [0.1, 0.15) is 17.5 Å². The zero-order valence-corrected chi connectivity index (χ0v) is 18.4. The highest BCUT2D eigenvalue weighted by Gasteiger charge is 2.70. The van der Waals surface area contributed by atoms with Crippen LogP contribution in [0.3, 0.4) is 0 Å². The topological polar surface area (TPSA) is 87.7 Å². The fraction of sp³-hybridized carbons (Fsp3) is 0.375. The molecule has 2 aromatic carbocycles. The Labute approximate surface area is 191 Å². The van der Waals surface area contributed by atoms with Crippen LogP contribution in [0.5, 0.6) is 0 Å². The Bertz CT molecular complexity index is 1090. The number of methoxy groups -OCH3 is 1. The molecule has 2 aromatic rings. The van der Waals surface area contributed by atoms with Crippen LogP contribution < -0.4 is 10.6 Å². The molecule has 0 aromatic heterocycles. The summed E-state index contributed by atoms with van der Waals surface area (Å²) < 4.78 is 5.10. The van der Waals surface area contributed by atoms with Crippen molar-refractivity contribution in [3.05, 3.63) is 64.7 Å². The van der Waals surface area contributed by atoms with Crippen molar-refractivity contribution in [2.45, 2.75) is 24.4 Å². The number of fused-ring (bicyclic) bond motifs is 4. The lowest BCUT2D eigenvalue weighted by Gasteiger charge is -2.29. The Kier molecular flexibility index (Phi) is 5.28. The Balaban J connectivity index is 1.59. The third-order valence-electron chi connectivity index (χ3n) is 6.80. The number of halogens is 1. The molecule has 0 aliphatic carbocycles. The van der Waals surface area contributed by atoms with Crippen molar-refractivity contribution >= 4 is 35.0 Å². The van der Waals surface area contributed by atoms with Crippen molar-refractivity contribution in [2.75, 3.05) is 25.6 Å². The number of amides is 3. The van der Waals surface area contributed by atoms with Crippen molar-refractivity contribution in [2.24, 2.45) is 11.8 Å². The first-order valence-corrected chi connectivity index (χ1v) is 11.1. The molecule has 2 N–H and O–H groups in total. The van der Waals surface area contributed by atoms with Crippen molar-refractivity contribution in [3.63, 3.8) is 0 Å². The number of benzene rings is 2. The van der Waals surface area contributed by atoms with Gasteiger partial charge in [-0.15, -0.1) is 0 Å². The first-order chi connectivity index (χ1) is 15.5. The summed E-state index contributed by atoms with van der Waals surface area (Å²) in [6.45, 7) is 0.721. The number of anilines is 1. The minimum Gasteiger partial charge on any atom is -0.385 e. The van der Waals surface area contributed by atoms with Crippen molar-refractivity contribution in [3.8, 4) is 0 Å². The van der Waals surface area contributed by atoms with E-state index in [0.717, 1.165) is 5.56 Å². The summed E-state index contributed by atoms with van der Waals surface area (Å²) in [5.74, 6) is -2.33. The molecule has 8 heteroatoms. The number of carbonyl (C=O) groups is 3. The Morgan fingerprint density at radius 2 is 1.88 bits per heavy atom. The molecule has 7 nitrogen and oxygen atoms in total. The van der Waals surface area contributed by atoms with Crippen LogP contribution in [0, 0.1) is 11.8 Å². The van der Waals surface area contributed by atoms with Gasteiger partial charge in [-0.05, 0) is 36.6 Å². The fourth-order valence-electron chi connectivity index (χ4n) is 5.46. The van der Waals surface area contributed by atoms with Crippen LogP contribution in [0.25, 0.3) is 0 Å². The van der Waals surface area contributed by atoms with Gasteiger partial charge in [0.25, 0.3) is 0 Å². The summed E-state index contributed by atoms with van der Waals surface area (Å²) in [5.41, 5.74) is 0.945. The third kappa shape index (κ3) is 3.07. The zero-order chi connectivity index (χ0) is 22.5. The summed E-state index contributed by atoms with van der Waals surface area (Å²) >= 11 is 6.28. The maximum absolute atomic E-state index is 13.6. The number of rotatable bonds is 6. The van der Waals surface area contributed by atoms with E-state index in [9.17, 15) is 14.4 Å². The molecule has 2 fully saturated rings. The molecule has 0 saturated carbocycles. The van der Waals surface area contributed by atoms with Gasteiger partial charge >= 0.3 is 0 Å². The van der Waals surface area contributed by atoms with Crippen molar-refractivity contribution in [1.82, 2.24) is 10.2 Å². The van der Waals surface area contributed by atoms with Crippen LogP contribution in [0.2, 0.25) is 5.02 Å². The first-order valence-electron chi connectivity index (χ1n) is 10.7. The summed E-state index contributed by atoms with van der Waals surface area (Å²) in [6, 6.07) is 14.6. The number of hydrogen-bond acceptors (Lipinski definition) is 5. The van der Waals surface area contributed by atoms with E-state index >= 15 is 0 Å². The van der Waals surface area contributed by atoms with Crippen LogP contribution in [0.15, 0.2) is 48.5 Å². The van der Waals surface area contributed by atoms with Crippen molar-refractivity contribution in [1.29, 1.82) is 0 Å². The minimum atomic E-state index is -1.33. The molecular weight excluding hydrogens is 430 g/mol. The van der Waals surface area contributed by atoms with Crippen LogP contribution in [-0.2, 0) is 31.1 Å². The third-order valence-corrected chi connectivity index (χ3v) is 7.03. The lowest BCUT2D eigenvalue weighted by atomic mass is 9.76. The van der Waals surface area contributed by atoms with E-state index in [1.807, 2.05) is 30.3 Å². The van der Waals surface area contributed by atoms with E-state index in [1.54, 1.807) is 25.3 Å². The number of nitrogens with one attached hydrogen (secondary N) is 2. The number of nitrogens with zero attached hydrogens (tertiary/aromatic N) is 1. The second-order valence-electron chi connectivity index (χ2n) is 8.57. The number of hydrogen-bond donors (Lipinski definition) is 2. The summed E-state index contributed by atoms with van der Waals surface area (Å²) in [7, 11) is 1.58. The Hall–Kier alpha value is -2.74. The molecule has 0 radical (unpaired) electrons. The molecule has 4 atom stereocenters. The second kappa shape index (κ2) is 7.99. The van der Waals surface area contributed by atoms with E-state index in [2.05, 4.69) is 10.6 Å². The number of ether oxygens (including phenoxy) is 1. The van der Waals surface area contributed by atoms with Gasteiger partial charge in [-0.3, -0.25) is 24.6 Å². The van der Waals surface area contributed by atoms with Gasteiger partial charge in [-0.25, -0.2) is 0 Å². The van der Waals surface area contributed by atoms with Crippen LogP contribution in [-0.4, -0.2) is 48.9 Å². The molecule has 1 spiro atoms. The molecule has 166 valence electrons. The standard InChI is InChI=1S/C24H24ClN3O4/c1-32-11-5-10-28-21(29)19-18(12-14-6-3-2-4-7-14)27-24(20(19)22(28)30)16-13-15(25)8-9-17(16)26-23(24)31/h2-4,6-9,13,18-20,27H,5,10-12H2,1H3,(H,26,31)/t18-,19+,20-,24-/m0/s1. The number of carbonyl (C=O) groups excluding carboxylic acids is 3. The Morgan fingerprint density at radius 1 is 1.09 bits per heavy atom. The molecule has 3 aliphatic rings. The highest BCUT2D eigenvalue weighted by Crippen LogP contribution is 2.53. The Morgan fingerprint density at radius 3 is 2.62 bits per heavy atom. The first kappa shape index (κ1) is 21.1. The van der Waals surface area contributed by atoms with E-state index in [4.69, 9.17) is 16.3 Å².